The Bertz CT molecular complexity index is 1030. The number of rotatable bonds is 9. The zero-order chi connectivity index (χ0) is 23.8. The third kappa shape index (κ3) is 6.08. The highest BCUT2D eigenvalue weighted by atomic mass is 32.2. The molecule has 0 spiro atoms. The van der Waals surface area contributed by atoms with E-state index in [2.05, 4.69) is 5.32 Å². The minimum atomic E-state index is -3.61. The Kier molecular flexibility index (Phi) is 8.40. The second-order valence-corrected chi connectivity index (χ2v) is 9.39. The molecule has 0 saturated carbocycles. The number of carbonyl (C=O) groups is 1. The van der Waals surface area contributed by atoms with E-state index in [1.165, 1.54) is 4.31 Å². The molecule has 1 saturated heterocycles. The summed E-state index contributed by atoms with van der Waals surface area (Å²) in [4.78, 5) is 14.4. The van der Waals surface area contributed by atoms with E-state index in [1.807, 2.05) is 19.1 Å². The molecule has 1 N–H and O–H groups in total. The monoisotopic (exact) mass is 477 g/mol. The van der Waals surface area contributed by atoms with Crippen molar-refractivity contribution < 1.29 is 27.4 Å². The van der Waals surface area contributed by atoms with Crippen molar-refractivity contribution >= 4 is 16.1 Å². The van der Waals surface area contributed by atoms with Gasteiger partial charge in [-0.05, 0) is 49.2 Å². The van der Waals surface area contributed by atoms with Crippen LogP contribution in [0, 0.1) is 0 Å². The molecule has 1 aliphatic rings. The lowest BCUT2D eigenvalue weighted by atomic mass is 10.1. The zero-order valence-electron chi connectivity index (χ0n) is 19.2. The molecule has 9 nitrogen and oxygen atoms in total. The van der Waals surface area contributed by atoms with E-state index in [1.54, 1.807) is 49.5 Å². The van der Waals surface area contributed by atoms with Gasteiger partial charge in [-0.25, -0.2) is 13.2 Å². The molecule has 10 heteroatoms. The van der Waals surface area contributed by atoms with E-state index in [9.17, 15) is 13.2 Å². The number of urea groups is 1. The van der Waals surface area contributed by atoms with Crippen LogP contribution in [-0.2, 0) is 16.4 Å². The van der Waals surface area contributed by atoms with Crippen LogP contribution in [0.2, 0.25) is 0 Å². The van der Waals surface area contributed by atoms with Crippen molar-refractivity contribution in [3.05, 3.63) is 48.0 Å². The normalized spacial score (nSPS) is 14.6. The van der Waals surface area contributed by atoms with Gasteiger partial charge in [0.1, 0.15) is 17.2 Å². The van der Waals surface area contributed by atoms with Crippen molar-refractivity contribution in [1.82, 2.24) is 14.5 Å². The smallest absolute Gasteiger partial charge is 0.317 e. The average Bonchev–Trinajstić information content (AvgIpc) is 2.84. The molecule has 0 radical (unpaired) electrons. The lowest BCUT2D eigenvalue weighted by Crippen LogP contribution is -2.53. The molecule has 2 amide bonds. The number of hydrogen-bond donors (Lipinski definition) is 1. The summed E-state index contributed by atoms with van der Waals surface area (Å²) in [5, 5.41) is 2.90. The van der Waals surface area contributed by atoms with Gasteiger partial charge in [-0.15, -0.1) is 0 Å². The number of ether oxygens (including phenoxy) is 3. The highest BCUT2D eigenvalue weighted by molar-refractivity contribution is 7.89. The summed E-state index contributed by atoms with van der Waals surface area (Å²) in [5.74, 6) is 2.04. The van der Waals surface area contributed by atoms with Crippen LogP contribution in [0.4, 0.5) is 4.79 Å². The van der Waals surface area contributed by atoms with Crippen LogP contribution in [0.5, 0.6) is 17.2 Å². The lowest BCUT2D eigenvalue weighted by Gasteiger charge is -2.34. The quantitative estimate of drug-likeness (QED) is 0.596. The SMILES string of the molecule is CCOc1ccc(S(=O)(=O)N2CCN(C(=O)NCCc3ccc(OC)cc3OC)CC2)cc1. The van der Waals surface area contributed by atoms with Crippen LogP contribution in [0.1, 0.15) is 12.5 Å². The van der Waals surface area contributed by atoms with Crippen molar-refractivity contribution in [3.63, 3.8) is 0 Å². The minimum Gasteiger partial charge on any atom is -0.497 e. The topological polar surface area (TPSA) is 97.4 Å². The first kappa shape index (κ1) is 24.7. The maximum Gasteiger partial charge on any atom is 0.317 e. The summed E-state index contributed by atoms with van der Waals surface area (Å²) in [6.45, 7) is 3.97. The maximum atomic E-state index is 12.9. The first-order valence-electron chi connectivity index (χ1n) is 10.9. The molecule has 2 aromatic carbocycles. The second kappa shape index (κ2) is 11.2. The predicted octanol–water partition coefficient (Wildman–Crippen LogP) is 2.36. The molecular weight excluding hydrogens is 446 g/mol. The Morgan fingerprint density at radius 2 is 1.64 bits per heavy atom. The standard InChI is InChI=1S/C23H31N3O6S/c1-4-32-19-7-9-21(10-8-19)33(28,29)26-15-13-25(14-16-26)23(27)24-12-11-18-5-6-20(30-2)17-22(18)31-3/h5-10,17H,4,11-16H2,1-3H3,(H,24,27). The van der Waals surface area contributed by atoms with Crippen molar-refractivity contribution in [1.29, 1.82) is 0 Å². The first-order valence-corrected chi connectivity index (χ1v) is 12.3. The molecule has 2 aromatic rings. The maximum absolute atomic E-state index is 12.9. The van der Waals surface area contributed by atoms with Gasteiger partial charge in [0.15, 0.2) is 0 Å². The number of methoxy groups -OCH3 is 2. The third-order valence-corrected chi connectivity index (χ3v) is 7.38. The summed E-state index contributed by atoms with van der Waals surface area (Å²) in [6, 6.07) is 11.8. The van der Waals surface area contributed by atoms with Crippen LogP contribution in [-0.4, -0.2) is 77.2 Å². The Balaban J connectivity index is 1.49. The van der Waals surface area contributed by atoms with E-state index in [4.69, 9.17) is 14.2 Å². The molecule has 3 rings (SSSR count). The molecule has 0 unspecified atom stereocenters. The van der Waals surface area contributed by atoms with Crippen molar-refractivity contribution in [2.24, 2.45) is 0 Å². The number of nitrogens with one attached hydrogen (secondary N) is 1. The highest BCUT2D eigenvalue weighted by Crippen LogP contribution is 2.25. The van der Waals surface area contributed by atoms with Gasteiger partial charge >= 0.3 is 6.03 Å². The molecule has 1 heterocycles. The van der Waals surface area contributed by atoms with Crippen molar-refractivity contribution in [2.45, 2.75) is 18.2 Å². The Hall–Kier alpha value is -2.98. The van der Waals surface area contributed by atoms with Crippen molar-refractivity contribution in [2.75, 3.05) is 53.6 Å². The highest BCUT2D eigenvalue weighted by Gasteiger charge is 2.30. The Labute approximate surface area is 195 Å². The van der Waals surface area contributed by atoms with Gasteiger partial charge in [-0.1, -0.05) is 6.07 Å². The molecule has 1 fully saturated rings. The fourth-order valence-corrected chi connectivity index (χ4v) is 5.05. The number of piperazine rings is 1. The number of amides is 2. The van der Waals surface area contributed by atoms with Gasteiger partial charge < -0.3 is 24.4 Å². The lowest BCUT2D eigenvalue weighted by molar-refractivity contribution is 0.172. The van der Waals surface area contributed by atoms with Crippen LogP contribution in [0.25, 0.3) is 0 Å². The van der Waals surface area contributed by atoms with E-state index >= 15 is 0 Å². The summed E-state index contributed by atoms with van der Waals surface area (Å²) in [5.41, 5.74) is 0.963. The molecular formula is C23H31N3O6S. The van der Waals surface area contributed by atoms with Gasteiger partial charge in [0, 0.05) is 38.8 Å². The van der Waals surface area contributed by atoms with Gasteiger partial charge in [-0.2, -0.15) is 4.31 Å². The molecule has 0 bridgehead atoms. The Morgan fingerprint density at radius 3 is 2.24 bits per heavy atom. The fraction of sp³-hybridized carbons (Fsp3) is 0.435. The Morgan fingerprint density at radius 1 is 0.970 bits per heavy atom. The third-order valence-electron chi connectivity index (χ3n) is 5.46. The van der Waals surface area contributed by atoms with Crippen LogP contribution < -0.4 is 19.5 Å². The largest absolute Gasteiger partial charge is 0.497 e. The molecule has 1 aliphatic heterocycles. The fourth-order valence-electron chi connectivity index (χ4n) is 3.63. The van der Waals surface area contributed by atoms with Crippen LogP contribution in [0.15, 0.2) is 47.4 Å². The second-order valence-electron chi connectivity index (χ2n) is 7.46. The molecule has 0 aliphatic carbocycles. The summed E-state index contributed by atoms with van der Waals surface area (Å²) in [6.07, 6.45) is 0.602. The summed E-state index contributed by atoms with van der Waals surface area (Å²) < 4.78 is 43.2. The van der Waals surface area contributed by atoms with Crippen LogP contribution >= 0.6 is 0 Å². The van der Waals surface area contributed by atoms with E-state index < -0.39 is 10.0 Å². The van der Waals surface area contributed by atoms with Crippen molar-refractivity contribution in [3.8, 4) is 17.2 Å². The van der Waals surface area contributed by atoms with Gasteiger partial charge in [-0.3, -0.25) is 0 Å². The number of nitrogens with zero attached hydrogens (tertiary/aromatic N) is 2. The van der Waals surface area contributed by atoms with Crippen LogP contribution in [0.3, 0.4) is 0 Å². The number of benzene rings is 2. The van der Waals surface area contributed by atoms with E-state index in [0.29, 0.717) is 49.9 Å². The molecule has 0 atom stereocenters. The number of carbonyl (C=O) groups excluding carboxylic acids is 1. The molecule has 180 valence electrons. The predicted molar refractivity (Wildman–Crippen MR) is 125 cm³/mol. The average molecular weight is 478 g/mol. The first-order chi connectivity index (χ1) is 15.9. The molecule has 33 heavy (non-hydrogen) atoms. The summed E-state index contributed by atoms with van der Waals surface area (Å²) >= 11 is 0. The van der Waals surface area contributed by atoms with E-state index in [0.717, 1.165) is 5.56 Å². The van der Waals surface area contributed by atoms with Gasteiger partial charge in [0.2, 0.25) is 10.0 Å². The summed E-state index contributed by atoms with van der Waals surface area (Å²) in [7, 11) is -0.424. The minimum absolute atomic E-state index is 0.208. The number of sulfonamides is 1. The van der Waals surface area contributed by atoms with Gasteiger partial charge in [0.05, 0.1) is 25.7 Å². The zero-order valence-corrected chi connectivity index (χ0v) is 20.1. The van der Waals surface area contributed by atoms with E-state index in [-0.39, 0.29) is 24.0 Å². The molecule has 0 aromatic heterocycles. The number of hydrogen-bond acceptors (Lipinski definition) is 6. The van der Waals surface area contributed by atoms with Gasteiger partial charge in [0.25, 0.3) is 0 Å².